The predicted molar refractivity (Wildman–Crippen MR) is 83.6 cm³/mol. The Morgan fingerprint density at radius 3 is 2.70 bits per heavy atom. The molecule has 1 aliphatic carbocycles. The molecule has 20 heavy (non-hydrogen) atoms. The summed E-state index contributed by atoms with van der Waals surface area (Å²) in [6, 6.07) is 5.49. The van der Waals surface area contributed by atoms with Gasteiger partial charge in [-0.3, -0.25) is 0 Å². The molecule has 1 N–H and O–H groups in total. The van der Waals surface area contributed by atoms with Crippen molar-refractivity contribution in [1.29, 1.82) is 0 Å². The average Bonchev–Trinajstić information content (AvgIpc) is 3.24. The first-order chi connectivity index (χ1) is 9.76. The van der Waals surface area contributed by atoms with Gasteiger partial charge in [-0.1, -0.05) is 19.9 Å². The maximum Gasteiger partial charge on any atom is 0.129 e. The highest BCUT2D eigenvalue weighted by atomic mass is 19.1. The van der Waals surface area contributed by atoms with Crippen LogP contribution in [0.15, 0.2) is 18.2 Å². The van der Waals surface area contributed by atoms with E-state index in [1.807, 2.05) is 6.07 Å². The van der Waals surface area contributed by atoms with Gasteiger partial charge in [0.25, 0.3) is 0 Å². The average molecular weight is 278 g/mol. The maximum absolute atomic E-state index is 14.2. The highest BCUT2D eigenvalue weighted by molar-refractivity contribution is 5.54. The summed E-state index contributed by atoms with van der Waals surface area (Å²) in [6.07, 6.45) is 4.84. The van der Waals surface area contributed by atoms with Gasteiger partial charge in [-0.25, -0.2) is 4.39 Å². The largest absolute Gasteiger partial charge is 0.371 e. The monoisotopic (exact) mass is 278 g/mol. The van der Waals surface area contributed by atoms with Gasteiger partial charge >= 0.3 is 0 Å². The fraction of sp³-hybridized carbons (Fsp3) is 0.647. The molecule has 0 atom stereocenters. The van der Waals surface area contributed by atoms with Crippen LogP contribution in [0.25, 0.3) is 0 Å². The van der Waals surface area contributed by atoms with Crippen LogP contribution in [0, 0.1) is 11.7 Å². The second kappa shape index (κ2) is 7.63. The fourth-order valence-electron chi connectivity index (χ4n) is 2.60. The van der Waals surface area contributed by atoms with Crippen molar-refractivity contribution in [3.05, 3.63) is 29.6 Å². The Hall–Kier alpha value is -1.09. The van der Waals surface area contributed by atoms with E-state index in [9.17, 15) is 4.39 Å². The van der Waals surface area contributed by atoms with Gasteiger partial charge in [0.1, 0.15) is 5.82 Å². The lowest BCUT2D eigenvalue weighted by Gasteiger charge is -2.27. The summed E-state index contributed by atoms with van der Waals surface area (Å²) in [6.45, 7) is 7.98. The van der Waals surface area contributed by atoms with Gasteiger partial charge in [0, 0.05) is 30.9 Å². The molecule has 0 aliphatic heterocycles. The molecule has 1 saturated carbocycles. The molecule has 0 unspecified atom stereocenters. The summed E-state index contributed by atoms with van der Waals surface area (Å²) < 4.78 is 14.2. The molecule has 1 fully saturated rings. The van der Waals surface area contributed by atoms with E-state index in [4.69, 9.17) is 0 Å². The number of hydrogen-bond donors (Lipinski definition) is 1. The van der Waals surface area contributed by atoms with E-state index >= 15 is 0 Å². The van der Waals surface area contributed by atoms with Crippen molar-refractivity contribution in [2.45, 2.75) is 46.1 Å². The quantitative estimate of drug-likeness (QED) is 0.688. The second-order valence-electron chi connectivity index (χ2n) is 5.80. The summed E-state index contributed by atoms with van der Waals surface area (Å²) in [7, 11) is 0. The zero-order valence-corrected chi connectivity index (χ0v) is 12.8. The molecular formula is C17H27FN2. The molecule has 0 heterocycles. The zero-order chi connectivity index (χ0) is 14.4. The Bertz CT molecular complexity index is 415. The molecule has 1 aromatic carbocycles. The smallest absolute Gasteiger partial charge is 0.129 e. The van der Waals surface area contributed by atoms with Crippen molar-refractivity contribution in [3.8, 4) is 0 Å². The number of nitrogens with one attached hydrogen (secondary N) is 1. The number of halogens is 1. The first-order valence-corrected chi connectivity index (χ1v) is 7.99. The molecule has 0 radical (unpaired) electrons. The van der Waals surface area contributed by atoms with Crippen LogP contribution >= 0.6 is 0 Å². The molecule has 1 aliphatic rings. The minimum Gasteiger partial charge on any atom is -0.371 e. The summed E-state index contributed by atoms with van der Waals surface area (Å²) in [5, 5.41) is 3.33. The molecule has 1 aromatic rings. The zero-order valence-electron chi connectivity index (χ0n) is 12.8. The van der Waals surface area contributed by atoms with Gasteiger partial charge < -0.3 is 10.2 Å². The molecule has 3 heteroatoms. The van der Waals surface area contributed by atoms with Gasteiger partial charge in [0.2, 0.25) is 0 Å². The molecule has 2 rings (SSSR count). The standard InChI is InChI=1S/C17H27FN2/c1-3-10-19-12-15-16(18)6-5-7-17(15)20(11-4-2)13-14-8-9-14/h5-7,14,19H,3-4,8-13H2,1-2H3. The Balaban J connectivity index is 2.15. The molecule has 0 bridgehead atoms. The fourth-order valence-corrected chi connectivity index (χ4v) is 2.60. The molecule has 2 nitrogen and oxygen atoms in total. The number of benzene rings is 1. The van der Waals surface area contributed by atoms with E-state index < -0.39 is 0 Å². The Labute approximate surface area is 122 Å². The lowest BCUT2D eigenvalue weighted by atomic mass is 10.1. The first kappa shape index (κ1) is 15.3. The van der Waals surface area contributed by atoms with Crippen LogP contribution < -0.4 is 10.2 Å². The summed E-state index contributed by atoms with van der Waals surface area (Å²) >= 11 is 0. The number of nitrogens with zero attached hydrogens (tertiary/aromatic N) is 1. The van der Waals surface area contributed by atoms with Crippen LogP contribution in [0.3, 0.4) is 0 Å². The highest BCUT2D eigenvalue weighted by Gasteiger charge is 2.25. The van der Waals surface area contributed by atoms with Crippen LogP contribution in [0.2, 0.25) is 0 Å². The molecule has 0 amide bonds. The highest BCUT2D eigenvalue weighted by Crippen LogP contribution is 2.33. The molecule has 112 valence electrons. The molecule has 0 aromatic heterocycles. The molecular weight excluding hydrogens is 251 g/mol. The van der Waals surface area contributed by atoms with Gasteiger partial charge in [-0.05, 0) is 50.3 Å². The van der Waals surface area contributed by atoms with E-state index in [1.165, 1.54) is 12.8 Å². The Morgan fingerprint density at radius 1 is 1.25 bits per heavy atom. The van der Waals surface area contributed by atoms with Crippen LogP contribution in [-0.4, -0.2) is 19.6 Å². The van der Waals surface area contributed by atoms with Crippen molar-refractivity contribution >= 4 is 5.69 Å². The van der Waals surface area contributed by atoms with Crippen LogP contribution in [0.4, 0.5) is 10.1 Å². The summed E-state index contributed by atoms with van der Waals surface area (Å²) in [5.74, 6) is 0.740. The second-order valence-corrected chi connectivity index (χ2v) is 5.80. The number of anilines is 1. The van der Waals surface area contributed by atoms with E-state index in [0.29, 0.717) is 6.54 Å². The van der Waals surface area contributed by atoms with Gasteiger partial charge in [0.05, 0.1) is 0 Å². The number of hydrogen-bond acceptors (Lipinski definition) is 2. The minimum atomic E-state index is -0.0806. The van der Waals surface area contributed by atoms with E-state index in [-0.39, 0.29) is 5.82 Å². The molecule has 0 spiro atoms. The lowest BCUT2D eigenvalue weighted by Crippen LogP contribution is -2.29. The van der Waals surface area contributed by atoms with Crippen molar-refractivity contribution < 1.29 is 4.39 Å². The Morgan fingerprint density at radius 2 is 2.05 bits per heavy atom. The third-order valence-corrected chi connectivity index (χ3v) is 3.83. The third kappa shape index (κ3) is 4.20. The summed E-state index contributed by atoms with van der Waals surface area (Å²) in [4.78, 5) is 2.38. The normalized spacial score (nSPS) is 14.6. The van der Waals surface area contributed by atoms with Crippen LogP contribution in [0.1, 0.15) is 45.1 Å². The maximum atomic E-state index is 14.2. The van der Waals surface area contributed by atoms with Gasteiger partial charge in [-0.2, -0.15) is 0 Å². The summed E-state index contributed by atoms with van der Waals surface area (Å²) in [5.41, 5.74) is 1.91. The van der Waals surface area contributed by atoms with E-state index in [2.05, 4.69) is 30.1 Å². The molecule has 0 saturated heterocycles. The minimum absolute atomic E-state index is 0.0806. The van der Waals surface area contributed by atoms with Crippen LogP contribution in [0.5, 0.6) is 0 Å². The Kier molecular flexibility index (Phi) is 5.84. The SMILES string of the molecule is CCCNCc1c(F)cccc1N(CCC)CC1CC1. The van der Waals surface area contributed by atoms with Gasteiger partial charge in [-0.15, -0.1) is 0 Å². The third-order valence-electron chi connectivity index (χ3n) is 3.83. The van der Waals surface area contributed by atoms with Crippen molar-refractivity contribution in [2.75, 3.05) is 24.5 Å². The predicted octanol–water partition coefficient (Wildman–Crippen LogP) is 3.95. The topological polar surface area (TPSA) is 15.3 Å². The van der Waals surface area contributed by atoms with Crippen molar-refractivity contribution in [2.24, 2.45) is 5.92 Å². The van der Waals surface area contributed by atoms with Gasteiger partial charge in [0.15, 0.2) is 0 Å². The van der Waals surface area contributed by atoms with Crippen molar-refractivity contribution in [1.82, 2.24) is 5.32 Å². The van der Waals surface area contributed by atoms with E-state index in [1.54, 1.807) is 6.07 Å². The lowest BCUT2D eigenvalue weighted by molar-refractivity contribution is 0.582. The first-order valence-electron chi connectivity index (χ1n) is 7.99. The van der Waals surface area contributed by atoms with Crippen LogP contribution in [-0.2, 0) is 6.54 Å². The van der Waals surface area contributed by atoms with Crippen molar-refractivity contribution in [3.63, 3.8) is 0 Å². The van der Waals surface area contributed by atoms with E-state index in [0.717, 1.165) is 49.6 Å². The number of rotatable bonds is 9.